The molecule has 2 N–H and O–H groups in total. The van der Waals surface area contributed by atoms with Crippen LogP contribution in [0.1, 0.15) is 143 Å². The van der Waals surface area contributed by atoms with Gasteiger partial charge in [0, 0.05) is 19.3 Å². The molecule has 43 heavy (non-hydrogen) atoms. The predicted molar refractivity (Wildman–Crippen MR) is 170 cm³/mol. The van der Waals surface area contributed by atoms with Crippen LogP contribution in [0.2, 0.25) is 0 Å². The van der Waals surface area contributed by atoms with Crippen molar-refractivity contribution >= 4 is 25.5 Å². The number of rotatable bonds is 29. The highest BCUT2D eigenvalue weighted by atomic mass is 31.2. The van der Waals surface area contributed by atoms with Crippen LogP contribution in [0, 0.1) is 5.92 Å². The van der Waals surface area contributed by atoms with Crippen molar-refractivity contribution in [2.45, 2.75) is 149 Å². The molecule has 250 valence electrons. The van der Waals surface area contributed by atoms with Gasteiger partial charge in [0.25, 0.3) is 0 Å². The number of carbonyl (C=O) groups is 3. The first-order valence-electron chi connectivity index (χ1n) is 16.4. The number of ether oxygens (including phenoxy) is 2. The summed E-state index contributed by atoms with van der Waals surface area (Å²) >= 11 is 0. The van der Waals surface area contributed by atoms with Crippen molar-refractivity contribution < 1.29 is 42.7 Å². The lowest BCUT2D eigenvalue weighted by Crippen LogP contribution is -2.29. The number of unbranched alkanes of at least 4 members (excludes halogenated alkanes) is 12. The van der Waals surface area contributed by atoms with Crippen LogP contribution in [0.5, 0.6) is 0 Å². The minimum Gasteiger partial charge on any atom is -0.462 e. The van der Waals surface area contributed by atoms with Gasteiger partial charge in [-0.2, -0.15) is 0 Å². The van der Waals surface area contributed by atoms with Crippen molar-refractivity contribution in [3.63, 3.8) is 0 Å². The molecule has 0 heterocycles. The molecule has 0 rings (SSSR count). The summed E-state index contributed by atoms with van der Waals surface area (Å²) in [7, 11) is -4.76. The molecule has 0 unspecified atom stereocenters. The average molecular weight is 631 g/mol. The third-order valence-electron chi connectivity index (χ3n) is 6.88. The lowest BCUT2D eigenvalue weighted by atomic mass is 10.0. The minimum atomic E-state index is -4.76. The lowest BCUT2D eigenvalue weighted by Gasteiger charge is -2.18. The SMILES string of the molecule is CCCCCC(=O)/C=C/C=C\CCCCCCCC(=O)OC[C@H](COP(=O)(O)O)OC(=O)CCCCCCCCC(C)C. The Morgan fingerprint density at radius 1 is 0.721 bits per heavy atom. The van der Waals surface area contributed by atoms with Crippen LogP contribution in [0.4, 0.5) is 0 Å². The molecule has 10 heteroatoms. The van der Waals surface area contributed by atoms with E-state index in [9.17, 15) is 18.9 Å². The number of esters is 2. The lowest BCUT2D eigenvalue weighted by molar-refractivity contribution is -0.161. The Hall–Kier alpha value is -1.80. The fraction of sp³-hybridized carbons (Fsp3) is 0.788. The highest BCUT2D eigenvalue weighted by Gasteiger charge is 2.22. The molecule has 0 amide bonds. The number of hydrogen-bond donors (Lipinski definition) is 2. The Labute approximate surface area is 260 Å². The van der Waals surface area contributed by atoms with E-state index < -0.39 is 32.5 Å². The minimum absolute atomic E-state index is 0.173. The highest BCUT2D eigenvalue weighted by molar-refractivity contribution is 7.46. The highest BCUT2D eigenvalue weighted by Crippen LogP contribution is 2.35. The van der Waals surface area contributed by atoms with E-state index in [0.717, 1.165) is 76.5 Å². The molecule has 0 aliphatic rings. The molecule has 0 aromatic rings. The number of phosphoric acid groups is 1. The van der Waals surface area contributed by atoms with Gasteiger partial charge in [-0.3, -0.25) is 18.9 Å². The van der Waals surface area contributed by atoms with E-state index >= 15 is 0 Å². The van der Waals surface area contributed by atoms with Crippen LogP contribution in [0.15, 0.2) is 24.3 Å². The maximum atomic E-state index is 12.2. The number of hydrogen-bond acceptors (Lipinski definition) is 7. The van der Waals surface area contributed by atoms with E-state index in [0.29, 0.717) is 19.3 Å². The first-order chi connectivity index (χ1) is 20.5. The molecule has 1 atom stereocenters. The quantitative estimate of drug-likeness (QED) is 0.0275. The summed E-state index contributed by atoms with van der Waals surface area (Å²) in [6, 6.07) is 0. The van der Waals surface area contributed by atoms with Gasteiger partial charge in [-0.15, -0.1) is 0 Å². The summed E-state index contributed by atoms with van der Waals surface area (Å²) in [6.07, 6.45) is 23.4. The van der Waals surface area contributed by atoms with Crippen molar-refractivity contribution in [2.75, 3.05) is 13.2 Å². The van der Waals surface area contributed by atoms with Crippen LogP contribution >= 0.6 is 7.82 Å². The monoisotopic (exact) mass is 630 g/mol. The molecule has 0 spiro atoms. The summed E-state index contributed by atoms with van der Waals surface area (Å²) in [5.41, 5.74) is 0. The zero-order valence-electron chi connectivity index (χ0n) is 27.0. The molecule has 0 fully saturated rings. The fourth-order valence-corrected chi connectivity index (χ4v) is 4.72. The molecule has 0 radical (unpaired) electrons. The summed E-state index contributed by atoms with van der Waals surface area (Å²) < 4.78 is 26.1. The standard InChI is InChI=1S/C33H59O9P/c1-4-5-17-23-30(34)24-19-14-9-7-6-8-10-15-20-25-32(35)40-27-31(28-41-43(37,38)39)42-33(36)26-21-16-12-11-13-18-22-29(2)3/h9,14,19,24,29,31H,4-8,10-13,15-18,20-23,25-28H2,1-3H3,(H2,37,38,39)/b14-9-,24-19+/t31-/m1/s1. The fourth-order valence-electron chi connectivity index (χ4n) is 4.36. The summed E-state index contributed by atoms with van der Waals surface area (Å²) in [6.45, 7) is 5.69. The van der Waals surface area contributed by atoms with Gasteiger partial charge in [-0.05, 0) is 44.1 Å². The van der Waals surface area contributed by atoms with E-state index in [-0.39, 0.29) is 25.2 Å². The normalized spacial score (nSPS) is 12.8. The summed E-state index contributed by atoms with van der Waals surface area (Å²) in [5.74, 6) is -0.0594. The summed E-state index contributed by atoms with van der Waals surface area (Å²) in [5, 5.41) is 0. The molecule has 0 aliphatic carbocycles. The number of carbonyl (C=O) groups excluding carboxylic acids is 3. The first-order valence-corrected chi connectivity index (χ1v) is 18.0. The predicted octanol–water partition coefficient (Wildman–Crippen LogP) is 8.32. The van der Waals surface area contributed by atoms with Crippen LogP contribution in [-0.4, -0.2) is 46.8 Å². The van der Waals surface area contributed by atoms with Crippen LogP contribution in [0.25, 0.3) is 0 Å². The molecule has 0 aliphatic heterocycles. The van der Waals surface area contributed by atoms with E-state index in [2.05, 4.69) is 31.4 Å². The molecule has 0 aromatic heterocycles. The zero-order valence-corrected chi connectivity index (χ0v) is 27.9. The van der Waals surface area contributed by atoms with Crippen molar-refractivity contribution in [3.05, 3.63) is 24.3 Å². The second kappa shape index (κ2) is 27.7. The Bertz CT molecular complexity index is 832. The Balaban J connectivity index is 4.09. The second-order valence-corrected chi connectivity index (χ2v) is 12.9. The van der Waals surface area contributed by atoms with Gasteiger partial charge < -0.3 is 19.3 Å². The van der Waals surface area contributed by atoms with E-state index in [1.54, 1.807) is 12.2 Å². The van der Waals surface area contributed by atoms with E-state index in [1.165, 1.54) is 19.3 Å². The van der Waals surface area contributed by atoms with E-state index in [4.69, 9.17) is 19.3 Å². The molecular formula is C33H59O9P. The second-order valence-electron chi connectivity index (χ2n) is 11.7. The Kier molecular flexibility index (Phi) is 26.6. The van der Waals surface area contributed by atoms with Crippen molar-refractivity contribution in [1.82, 2.24) is 0 Å². The smallest absolute Gasteiger partial charge is 0.462 e. The van der Waals surface area contributed by atoms with Crippen molar-refractivity contribution in [2.24, 2.45) is 5.92 Å². The number of allylic oxidation sites excluding steroid dienone is 4. The van der Waals surface area contributed by atoms with E-state index in [1.807, 2.05) is 6.08 Å². The zero-order chi connectivity index (χ0) is 32.2. The topological polar surface area (TPSA) is 136 Å². The third kappa shape index (κ3) is 31.4. The molecular weight excluding hydrogens is 571 g/mol. The molecule has 9 nitrogen and oxygen atoms in total. The van der Waals surface area contributed by atoms with Gasteiger partial charge in [0.15, 0.2) is 11.9 Å². The van der Waals surface area contributed by atoms with Crippen LogP contribution in [-0.2, 0) is 32.9 Å². The molecule has 0 saturated heterocycles. The average Bonchev–Trinajstić information content (AvgIpc) is 2.94. The largest absolute Gasteiger partial charge is 0.469 e. The van der Waals surface area contributed by atoms with Crippen LogP contribution < -0.4 is 0 Å². The Morgan fingerprint density at radius 3 is 1.93 bits per heavy atom. The maximum absolute atomic E-state index is 12.2. The van der Waals surface area contributed by atoms with Gasteiger partial charge in [0.2, 0.25) is 0 Å². The number of phosphoric ester groups is 1. The maximum Gasteiger partial charge on any atom is 0.469 e. The van der Waals surface area contributed by atoms with Gasteiger partial charge in [-0.1, -0.05) is 110 Å². The summed E-state index contributed by atoms with van der Waals surface area (Å²) in [4.78, 5) is 54.1. The van der Waals surface area contributed by atoms with Gasteiger partial charge >= 0.3 is 19.8 Å². The van der Waals surface area contributed by atoms with Crippen molar-refractivity contribution in [3.8, 4) is 0 Å². The first kappa shape index (κ1) is 41.2. The van der Waals surface area contributed by atoms with Crippen LogP contribution in [0.3, 0.4) is 0 Å². The van der Waals surface area contributed by atoms with Gasteiger partial charge in [0.05, 0.1) is 6.61 Å². The molecule has 0 saturated carbocycles. The molecule has 0 bridgehead atoms. The number of ketones is 1. The molecule has 0 aromatic carbocycles. The Morgan fingerprint density at radius 2 is 1.30 bits per heavy atom. The van der Waals surface area contributed by atoms with Crippen molar-refractivity contribution in [1.29, 1.82) is 0 Å². The third-order valence-corrected chi connectivity index (χ3v) is 7.36. The van der Waals surface area contributed by atoms with Gasteiger partial charge in [0.1, 0.15) is 6.61 Å². The van der Waals surface area contributed by atoms with Gasteiger partial charge in [-0.25, -0.2) is 4.57 Å².